The summed E-state index contributed by atoms with van der Waals surface area (Å²) in [6, 6.07) is 26.6. The van der Waals surface area contributed by atoms with Crippen molar-refractivity contribution in [1.29, 1.82) is 0 Å². The van der Waals surface area contributed by atoms with Crippen LogP contribution in [0.15, 0.2) is 84.9 Å². The molecule has 6 rings (SSSR count). The number of benzene rings is 3. The van der Waals surface area contributed by atoms with E-state index in [1.807, 2.05) is 91.9 Å². The largest absolute Gasteiger partial charge is 0.278 e. The number of carbonyl (C=O) groups excluding carboxylic acids is 4. The number of hydrogen-bond donors (Lipinski definition) is 0. The van der Waals surface area contributed by atoms with Crippen molar-refractivity contribution in [3.05, 3.63) is 107 Å². The third-order valence-corrected chi connectivity index (χ3v) is 8.45. The Hall–Kier alpha value is -4.06. The lowest BCUT2D eigenvalue weighted by atomic mass is 9.58. The molecule has 0 spiro atoms. The van der Waals surface area contributed by atoms with Gasteiger partial charge in [-0.25, -0.2) is 0 Å². The molecule has 0 radical (unpaired) electrons. The Balaban J connectivity index is 1.34. The zero-order chi connectivity index (χ0) is 25.7. The highest BCUT2D eigenvalue weighted by Gasteiger charge is 2.59. The van der Waals surface area contributed by atoms with Gasteiger partial charge in [-0.1, -0.05) is 91.9 Å². The molecule has 3 aromatic rings. The van der Waals surface area contributed by atoms with E-state index in [1.165, 1.54) is 9.80 Å². The Morgan fingerprint density at radius 2 is 1.27 bits per heavy atom. The summed E-state index contributed by atoms with van der Waals surface area (Å²) < 4.78 is 0. The molecule has 3 aromatic carbocycles. The maximum Gasteiger partial charge on any atom is 0.237 e. The van der Waals surface area contributed by atoms with Gasteiger partial charge in [0.05, 0.1) is 30.8 Å². The molecule has 3 aliphatic rings. The molecular weight excluding hydrogens is 464 g/mol. The topological polar surface area (TPSA) is 74.8 Å². The van der Waals surface area contributed by atoms with Crippen LogP contribution in [0.4, 0.5) is 0 Å². The van der Waals surface area contributed by atoms with Gasteiger partial charge in [0, 0.05) is 11.8 Å². The van der Waals surface area contributed by atoms with Crippen molar-refractivity contribution in [2.24, 2.45) is 11.8 Å². The predicted octanol–water partition coefficient (Wildman–Crippen LogP) is 4.19. The summed E-state index contributed by atoms with van der Waals surface area (Å²) in [5.41, 5.74) is 2.75. The summed E-state index contributed by atoms with van der Waals surface area (Å²) in [4.78, 5) is 56.8. The first-order valence-corrected chi connectivity index (χ1v) is 12.7. The van der Waals surface area contributed by atoms with Crippen molar-refractivity contribution >= 4 is 23.6 Å². The standard InChI is InChI=1S/C31H28N2O4/c1-31(25-16-26(34)32(29(25)36)18-20-10-4-2-5-11-20)17-23-27(22-14-8-9-15-24(22)31)30(37)33(28(23)35)19-21-12-6-3-7-13-21/h2-15,23,25,27H,16-19H2,1H3/t23-,25?,27+,31-/m0/s1. The van der Waals surface area contributed by atoms with Gasteiger partial charge in [-0.05, 0) is 28.7 Å². The minimum Gasteiger partial charge on any atom is -0.278 e. The van der Waals surface area contributed by atoms with Crippen molar-refractivity contribution < 1.29 is 19.2 Å². The molecule has 2 aliphatic heterocycles. The molecule has 0 N–H and O–H groups in total. The molecule has 2 saturated heterocycles. The van der Waals surface area contributed by atoms with E-state index < -0.39 is 23.2 Å². The van der Waals surface area contributed by atoms with Gasteiger partial charge < -0.3 is 0 Å². The molecule has 6 heteroatoms. The van der Waals surface area contributed by atoms with E-state index >= 15 is 0 Å². The number of likely N-dealkylation sites (tertiary alicyclic amines) is 2. The van der Waals surface area contributed by atoms with Gasteiger partial charge in [-0.15, -0.1) is 0 Å². The fourth-order valence-corrected chi connectivity index (χ4v) is 6.57. The average molecular weight is 493 g/mol. The highest BCUT2D eigenvalue weighted by molar-refractivity contribution is 6.09. The van der Waals surface area contributed by atoms with Crippen molar-refractivity contribution in [2.75, 3.05) is 0 Å². The molecule has 0 aromatic heterocycles. The van der Waals surface area contributed by atoms with Crippen LogP contribution in [0.3, 0.4) is 0 Å². The zero-order valence-electron chi connectivity index (χ0n) is 20.7. The van der Waals surface area contributed by atoms with E-state index in [0.29, 0.717) is 6.42 Å². The lowest BCUT2D eigenvalue weighted by Crippen LogP contribution is -2.45. The van der Waals surface area contributed by atoms with E-state index in [9.17, 15) is 19.2 Å². The molecule has 2 heterocycles. The Labute approximate surface area is 215 Å². The maximum atomic E-state index is 13.7. The minimum atomic E-state index is -0.741. The first-order chi connectivity index (χ1) is 17.9. The van der Waals surface area contributed by atoms with Gasteiger partial charge in [0.25, 0.3) is 0 Å². The van der Waals surface area contributed by atoms with Gasteiger partial charge in [-0.2, -0.15) is 0 Å². The molecule has 2 fully saturated rings. The molecule has 4 atom stereocenters. The van der Waals surface area contributed by atoms with Crippen LogP contribution in [0.1, 0.15) is 47.9 Å². The summed E-state index contributed by atoms with van der Waals surface area (Å²) in [6.07, 6.45) is 0.456. The fourth-order valence-electron chi connectivity index (χ4n) is 6.57. The van der Waals surface area contributed by atoms with Crippen LogP contribution < -0.4 is 0 Å². The molecular formula is C31H28N2O4. The SMILES string of the molecule is C[C@]1(C2CC(=O)N(Cc3ccccc3)C2=O)C[C@@H]2C(=O)N(Cc3ccccc3)C(=O)[C@@H]2c2ccccc21. The van der Waals surface area contributed by atoms with E-state index in [-0.39, 0.29) is 43.1 Å². The van der Waals surface area contributed by atoms with Crippen molar-refractivity contribution in [1.82, 2.24) is 9.80 Å². The zero-order valence-corrected chi connectivity index (χ0v) is 20.7. The molecule has 1 aliphatic carbocycles. The number of fused-ring (bicyclic) bond motifs is 3. The first-order valence-electron chi connectivity index (χ1n) is 12.7. The van der Waals surface area contributed by atoms with Crippen molar-refractivity contribution in [3.8, 4) is 0 Å². The number of hydrogen-bond acceptors (Lipinski definition) is 4. The maximum absolute atomic E-state index is 13.7. The average Bonchev–Trinajstić information content (AvgIpc) is 3.33. The fraction of sp³-hybridized carbons (Fsp3) is 0.290. The van der Waals surface area contributed by atoms with E-state index in [4.69, 9.17) is 0 Å². The quantitative estimate of drug-likeness (QED) is 0.501. The second-order valence-electron chi connectivity index (χ2n) is 10.6. The van der Waals surface area contributed by atoms with Crippen LogP contribution in [0.25, 0.3) is 0 Å². The number of nitrogens with zero attached hydrogens (tertiary/aromatic N) is 2. The summed E-state index contributed by atoms with van der Waals surface area (Å²) >= 11 is 0. The molecule has 6 nitrogen and oxygen atoms in total. The Morgan fingerprint density at radius 3 is 1.92 bits per heavy atom. The second-order valence-corrected chi connectivity index (χ2v) is 10.6. The van der Waals surface area contributed by atoms with Gasteiger partial charge in [0.1, 0.15) is 0 Å². The lowest BCUT2D eigenvalue weighted by molar-refractivity contribution is -0.143. The summed E-state index contributed by atoms with van der Waals surface area (Å²) in [6.45, 7) is 2.46. The van der Waals surface area contributed by atoms with E-state index in [2.05, 4.69) is 0 Å². The van der Waals surface area contributed by atoms with Gasteiger partial charge in [0.2, 0.25) is 23.6 Å². The molecule has 4 amide bonds. The Morgan fingerprint density at radius 1 is 0.703 bits per heavy atom. The summed E-state index contributed by atoms with van der Waals surface area (Å²) in [5, 5.41) is 0. The van der Waals surface area contributed by atoms with E-state index in [1.54, 1.807) is 0 Å². The highest BCUT2D eigenvalue weighted by Crippen LogP contribution is 2.55. The smallest absolute Gasteiger partial charge is 0.237 e. The van der Waals surface area contributed by atoms with Gasteiger partial charge in [-0.3, -0.25) is 29.0 Å². The Bertz CT molecular complexity index is 1400. The Kier molecular flexibility index (Phi) is 5.55. The first kappa shape index (κ1) is 23.3. The van der Waals surface area contributed by atoms with Crippen LogP contribution in [-0.2, 0) is 37.7 Å². The number of amides is 4. The number of imide groups is 2. The van der Waals surface area contributed by atoms with E-state index in [0.717, 1.165) is 22.3 Å². The molecule has 37 heavy (non-hydrogen) atoms. The monoisotopic (exact) mass is 492 g/mol. The predicted molar refractivity (Wildman–Crippen MR) is 137 cm³/mol. The third kappa shape index (κ3) is 3.70. The van der Waals surface area contributed by atoms with Crippen LogP contribution in [0, 0.1) is 11.8 Å². The van der Waals surface area contributed by atoms with Crippen LogP contribution in [0.5, 0.6) is 0 Å². The van der Waals surface area contributed by atoms with Gasteiger partial charge >= 0.3 is 0 Å². The molecule has 0 bridgehead atoms. The lowest BCUT2D eigenvalue weighted by Gasteiger charge is -2.43. The highest BCUT2D eigenvalue weighted by atomic mass is 16.2. The summed E-state index contributed by atoms with van der Waals surface area (Å²) in [5.74, 6) is -2.49. The third-order valence-electron chi connectivity index (χ3n) is 8.45. The minimum absolute atomic E-state index is 0.101. The molecule has 186 valence electrons. The van der Waals surface area contributed by atoms with Crippen molar-refractivity contribution in [3.63, 3.8) is 0 Å². The van der Waals surface area contributed by atoms with Crippen LogP contribution >= 0.6 is 0 Å². The van der Waals surface area contributed by atoms with Gasteiger partial charge in [0.15, 0.2) is 0 Å². The molecule has 0 saturated carbocycles. The second kappa shape index (κ2) is 8.80. The van der Waals surface area contributed by atoms with Crippen LogP contribution in [0.2, 0.25) is 0 Å². The number of rotatable bonds is 5. The normalized spacial score (nSPS) is 27.0. The number of carbonyl (C=O) groups is 4. The summed E-state index contributed by atoms with van der Waals surface area (Å²) in [7, 11) is 0. The van der Waals surface area contributed by atoms with Crippen molar-refractivity contribution in [2.45, 2.75) is 44.2 Å². The molecule has 1 unspecified atom stereocenters. The van der Waals surface area contributed by atoms with Crippen LogP contribution in [-0.4, -0.2) is 33.4 Å².